The molecule has 2 rings (SSSR count). The van der Waals surface area contributed by atoms with Gasteiger partial charge >= 0.3 is 0 Å². The van der Waals surface area contributed by atoms with Crippen LogP contribution >= 0.6 is 23.2 Å². The van der Waals surface area contributed by atoms with E-state index in [9.17, 15) is 8.42 Å². The SMILES string of the molecule is N#Cc1cc(Cl)c(NNS(=O)(=O)c2ccc(Cl)cc2)cc1C#N. The quantitative estimate of drug-likeness (QED) is 0.808. The van der Waals surface area contributed by atoms with Crippen LogP contribution < -0.4 is 10.3 Å². The molecule has 2 aromatic carbocycles. The lowest BCUT2D eigenvalue weighted by Gasteiger charge is -2.11. The number of hydrogen-bond donors (Lipinski definition) is 2. The summed E-state index contributed by atoms with van der Waals surface area (Å²) < 4.78 is 24.3. The number of sulfonamides is 1. The first kappa shape index (κ1) is 17.1. The molecule has 0 aliphatic rings. The molecule has 0 radical (unpaired) electrons. The van der Waals surface area contributed by atoms with Crippen molar-refractivity contribution in [3.8, 4) is 12.1 Å². The van der Waals surface area contributed by atoms with Crippen molar-refractivity contribution in [2.75, 3.05) is 5.43 Å². The summed E-state index contributed by atoms with van der Waals surface area (Å²) in [5.41, 5.74) is 2.76. The Kier molecular flexibility index (Phi) is 5.09. The van der Waals surface area contributed by atoms with E-state index < -0.39 is 10.0 Å². The molecule has 0 aliphatic heterocycles. The van der Waals surface area contributed by atoms with E-state index in [-0.39, 0.29) is 26.7 Å². The average molecular weight is 367 g/mol. The Morgan fingerprint density at radius 3 is 2.09 bits per heavy atom. The predicted octanol–water partition coefficient (Wildman–Crippen LogP) is 3.04. The van der Waals surface area contributed by atoms with Crippen LogP contribution in [0.25, 0.3) is 0 Å². The lowest BCUT2D eigenvalue weighted by molar-refractivity contribution is 0.588. The summed E-state index contributed by atoms with van der Waals surface area (Å²) in [5, 5.41) is 18.4. The molecule has 0 amide bonds. The van der Waals surface area contributed by atoms with E-state index in [1.165, 1.54) is 36.4 Å². The highest BCUT2D eigenvalue weighted by Gasteiger charge is 2.15. The zero-order valence-corrected chi connectivity index (χ0v) is 13.7. The number of hydrogen-bond acceptors (Lipinski definition) is 5. The lowest BCUT2D eigenvalue weighted by Crippen LogP contribution is -2.29. The smallest absolute Gasteiger partial charge is 0.257 e. The number of hydrazine groups is 1. The molecular formula is C14H8Cl2N4O2S. The molecule has 0 saturated heterocycles. The van der Waals surface area contributed by atoms with E-state index in [1.54, 1.807) is 0 Å². The fraction of sp³-hybridized carbons (Fsp3) is 0. The molecule has 2 aromatic rings. The van der Waals surface area contributed by atoms with E-state index >= 15 is 0 Å². The molecule has 0 atom stereocenters. The van der Waals surface area contributed by atoms with Crippen molar-refractivity contribution < 1.29 is 8.42 Å². The van der Waals surface area contributed by atoms with Crippen molar-refractivity contribution in [3.63, 3.8) is 0 Å². The van der Waals surface area contributed by atoms with Gasteiger partial charge in [0.1, 0.15) is 12.1 Å². The third kappa shape index (κ3) is 3.92. The minimum absolute atomic E-state index is 0.000302. The molecule has 0 unspecified atom stereocenters. The molecule has 0 fully saturated rings. The molecule has 23 heavy (non-hydrogen) atoms. The minimum Gasteiger partial charge on any atom is -0.306 e. The van der Waals surface area contributed by atoms with Gasteiger partial charge in [-0.2, -0.15) is 10.5 Å². The Morgan fingerprint density at radius 1 is 0.957 bits per heavy atom. The second-order valence-corrected chi connectivity index (χ2v) is 6.81. The van der Waals surface area contributed by atoms with Gasteiger partial charge in [-0.05, 0) is 36.4 Å². The molecule has 0 bridgehead atoms. The molecular weight excluding hydrogens is 359 g/mol. The first-order valence-corrected chi connectivity index (χ1v) is 8.28. The molecule has 0 aliphatic carbocycles. The van der Waals surface area contributed by atoms with Gasteiger partial charge in [-0.15, -0.1) is 4.83 Å². The largest absolute Gasteiger partial charge is 0.306 e. The minimum atomic E-state index is -3.85. The van der Waals surface area contributed by atoms with Crippen LogP contribution in [0.1, 0.15) is 11.1 Å². The van der Waals surface area contributed by atoms with Crippen LogP contribution in [0.2, 0.25) is 10.0 Å². The first-order valence-electron chi connectivity index (χ1n) is 6.04. The third-order valence-corrected chi connectivity index (χ3v) is 4.62. The van der Waals surface area contributed by atoms with Crippen molar-refractivity contribution in [2.24, 2.45) is 0 Å². The third-order valence-electron chi connectivity index (χ3n) is 2.79. The second kappa shape index (κ2) is 6.86. The number of halogens is 2. The van der Waals surface area contributed by atoms with Crippen LogP contribution in [0, 0.1) is 22.7 Å². The standard InChI is InChI=1S/C14H8Cl2N4O2S/c15-11-1-3-12(4-2-11)23(21,22)20-19-14-6-10(8-18)9(7-17)5-13(14)16/h1-6,19-20H. The van der Waals surface area contributed by atoms with E-state index in [0.717, 1.165) is 0 Å². The molecule has 2 N–H and O–H groups in total. The van der Waals surface area contributed by atoms with Gasteiger partial charge in [-0.3, -0.25) is 0 Å². The average Bonchev–Trinajstić information content (AvgIpc) is 2.53. The number of nitriles is 2. The second-order valence-electron chi connectivity index (χ2n) is 4.29. The van der Waals surface area contributed by atoms with Crippen LogP contribution in [0.3, 0.4) is 0 Å². The molecule has 6 nitrogen and oxygen atoms in total. The van der Waals surface area contributed by atoms with Gasteiger partial charge in [0.2, 0.25) is 0 Å². The van der Waals surface area contributed by atoms with Crippen molar-refractivity contribution in [2.45, 2.75) is 4.90 Å². The summed E-state index contributed by atoms with van der Waals surface area (Å²) in [6.45, 7) is 0. The number of nitrogens with one attached hydrogen (secondary N) is 2. The molecule has 0 spiro atoms. The Hall–Kier alpha value is -2.29. The Bertz CT molecular complexity index is 929. The lowest BCUT2D eigenvalue weighted by atomic mass is 10.1. The molecule has 9 heteroatoms. The van der Waals surface area contributed by atoms with Crippen molar-refractivity contribution in [3.05, 3.63) is 57.6 Å². The van der Waals surface area contributed by atoms with Crippen LogP contribution in [-0.2, 0) is 10.0 Å². The Balaban J connectivity index is 2.26. The van der Waals surface area contributed by atoms with Crippen molar-refractivity contribution in [1.29, 1.82) is 10.5 Å². The van der Waals surface area contributed by atoms with Gasteiger partial charge in [0, 0.05) is 5.02 Å². The van der Waals surface area contributed by atoms with E-state index in [0.29, 0.717) is 5.02 Å². The summed E-state index contributed by atoms with van der Waals surface area (Å²) in [4.78, 5) is 2.14. The monoisotopic (exact) mass is 366 g/mol. The maximum atomic E-state index is 12.1. The highest BCUT2D eigenvalue weighted by atomic mass is 35.5. The Labute approximate surface area is 142 Å². The number of nitrogens with zero attached hydrogens (tertiary/aromatic N) is 2. The van der Waals surface area contributed by atoms with E-state index in [2.05, 4.69) is 10.3 Å². The fourth-order valence-corrected chi connectivity index (χ4v) is 2.84. The zero-order valence-electron chi connectivity index (χ0n) is 11.3. The van der Waals surface area contributed by atoms with Crippen LogP contribution in [0.15, 0.2) is 41.3 Å². The predicted molar refractivity (Wildman–Crippen MR) is 86.3 cm³/mol. The highest BCUT2D eigenvalue weighted by molar-refractivity contribution is 7.89. The fourth-order valence-electron chi connectivity index (χ4n) is 1.65. The van der Waals surface area contributed by atoms with E-state index in [1.807, 2.05) is 12.1 Å². The topological polar surface area (TPSA) is 106 Å². The molecule has 0 heterocycles. The highest BCUT2D eigenvalue weighted by Crippen LogP contribution is 2.25. The summed E-state index contributed by atoms with van der Waals surface area (Å²) in [6, 6.07) is 11.8. The van der Waals surface area contributed by atoms with Crippen LogP contribution in [-0.4, -0.2) is 8.42 Å². The van der Waals surface area contributed by atoms with Gasteiger partial charge in [0.15, 0.2) is 0 Å². The van der Waals surface area contributed by atoms with Crippen molar-refractivity contribution in [1.82, 2.24) is 4.83 Å². The molecule has 116 valence electrons. The van der Waals surface area contributed by atoms with Crippen LogP contribution in [0.5, 0.6) is 0 Å². The maximum absolute atomic E-state index is 12.1. The van der Waals surface area contributed by atoms with Gasteiger partial charge in [-0.1, -0.05) is 23.2 Å². The summed E-state index contributed by atoms with van der Waals surface area (Å²) >= 11 is 11.7. The number of rotatable bonds is 4. The Morgan fingerprint density at radius 2 is 1.52 bits per heavy atom. The van der Waals surface area contributed by atoms with Gasteiger partial charge < -0.3 is 5.43 Å². The normalized spacial score (nSPS) is 10.6. The maximum Gasteiger partial charge on any atom is 0.257 e. The van der Waals surface area contributed by atoms with Crippen molar-refractivity contribution >= 4 is 38.9 Å². The van der Waals surface area contributed by atoms with Gasteiger partial charge in [0.25, 0.3) is 10.0 Å². The molecule has 0 aromatic heterocycles. The molecule has 0 saturated carbocycles. The number of anilines is 1. The first-order chi connectivity index (χ1) is 10.9. The summed E-state index contributed by atoms with van der Waals surface area (Å²) in [5.74, 6) is 0. The summed E-state index contributed by atoms with van der Waals surface area (Å²) in [7, 11) is -3.85. The van der Waals surface area contributed by atoms with Gasteiger partial charge in [0.05, 0.1) is 26.7 Å². The van der Waals surface area contributed by atoms with Gasteiger partial charge in [-0.25, -0.2) is 8.42 Å². The summed E-state index contributed by atoms with van der Waals surface area (Å²) in [6.07, 6.45) is 0. The van der Waals surface area contributed by atoms with E-state index in [4.69, 9.17) is 33.7 Å². The zero-order chi connectivity index (χ0) is 17.0. The number of benzene rings is 2. The van der Waals surface area contributed by atoms with Crippen LogP contribution in [0.4, 0.5) is 5.69 Å².